The number of halogens is 1. The number of carbonyl (C=O) groups excluding carboxylic acids is 1. The summed E-state index contributed by atoms with van der Waals surface area (Å²) < 4.78 is 5.03. The molecule has 1 aliphatic heterocycles. The van der Waals surface area contributed by atoms with Crippen molar-refractivity contribution in [1.29, 1.82) is 0 Å². The third-order valence-electron chi connectivity index (χ3n) is 3.21. The number of aliphatic hydroxyl groups is 1. The van der Waals surface area contributed by atoms with E-state index in [4.69, 9.17) is 16.3 Å². The summed E-state index contributed by atoms with van der Waals surface area (Å²) in [6, 6.07) is 4.58. The molecule has 20 heavy (non-hydrogen) atoms. The summed E-state index contributed by atoms with van der Waals surface area (Å²) in [6.45, 7) is 1.45. The first-order valence-electron chi connectivity index (χ1n) is 6.34. The Morgan fingerprint density at radius 3 is 3.00 bits per heavy atom. The number of ether oxygens (including phenoxy) is 1. The summed E-state index contributed by atoms with van der Waals surface area (Å²) in [5.41, 5.74) is -0.306. The fraction of sp³-hybridized carbons (Fsp3) is 0.462. The molecule has 6 nitrogen and oxygen atoms in total. The Labute approximate surface area is 122 Å². The molecule has 0 aromatic heterocycles. The molecule has 1 aliphatic rings. The third-order valence-corrected chi connectivity index (χ3v) is 3.50. The minimum absolute atomic E-state index is 0.204. The van der Waals surface area contributed by atoms with Gasteiger partial charge in [-0.3, -0.25) is 0 Å². The van der Waals surface area contributed by atoms with Crippen LogP contribution < -0.4 is 20.7 Å². The molecule has 1 unspecified atom stereocenters. The Morgan fingerprint density at radius 2 is 2.40 bits per heavy atom. The van der Waals surface area contributed by atoms with Crippen LogP contribution in [0.4, 0.5) is 10.5 Å². The van der Waals surface area contributed by atoms with Crippen LogP contribution in [0.2, 0.25) is 5.02 Å². The fourth-order valence-electron chi connectivity index (χ4n) is 2.05. The molecule has 7 heteroatoms. The Bertz CT molecular complexity index is 490. The van der Waals surface area contributed by atoms with E-state index in [1.165, 1.54) is 7.11 Å². The van der Waals surface area contributed by atoms with Crippen LogP contribution in [0.3, 0.4) is 0 Å². The number of hydrogen-bond donors (Lipinski definition) is 4. The van der Waals surface area contributed by atoms with Gasteiger partial charge in [0.25, 0.3) is 0 Å². The fourth-order valence-corrected chi connectivity index (χ4v) is 2.30. The van der Waals surface area contributed by atoms with E-state index in [0.717, 1.165) is 6.54 Å². The zero-order valence-corrected chi connectivity index (χ0v) is 12.0. The normalized spacial score (nSPS) is 21.6. The Hall–Kier alpha value is -1.50. The number of urea groups is 1. The van der Waals surface area contributed by atoms with Gasteiger partial charge in [-0.1, -0.05) is 11.6 Å². The smallest absolute Gasteiger partial charge is 0.319 e. The number of carbonyl (C=O) groups is 1. The predicted octanol–water partition coefficient (Wildman–Crippen LogP) is 1.19. The van der Waals surface area contributed by atoms with E-state index in [0.29, 0.717) is 29.4 Å². The molecule has 2 rings (SSSR count). The molecular formula is C13H18ClN3O3. The van der Waals surface area contributed by atoms with Crippen LogP contribution in [0, 0.1) is 0 Å². The number of benzene rings is 1. The van der Waals surface area contributed by atoms with Gasteiger partial charge in [-0.15, -0.1) is 0 Å². The third kappa shape index (κ3) is 3.75. The predicted molar refractivity (Wildman–Crippen MR) is 77.5 cm³/mol. The van der Waals surface area contributed by atoms with Gasteiger partial charge < -0.3 is 25.8 Å². The summed E-state index contributed by atoms with van der Waals surface area (Å²) in [5, 5.41) is 18.9. The maximum atomic E-state index is 11.7. The van der Waals surface area contributed by atoms with E-state index in [2.05, 4.69) is 16.0 Å². The number of β-amino-alcohol motifs (C(OH)–C–C–N with tert-alkyl or cyclic N) is 1. The highest BCUT2D eigenvalue weighted by Crippen LogP contribution is 2.27. The lowest BCUT2D eigenvalue weighted by Crippen LogP contribution is -2.45. The molecule has 1 fully saturated rings. The van der Waals surface area contributed by atoms with Gasteiger partial charge in [-0.2, -0.15) is 0 Å². The Balaban J connectivity index is 1.86. The summed E-state index contributed by atoms with van der Waals surface area (Å²) in [6.07, 6.45) is 0.627. The van der Waals surface area contributed by atoms with Crippen molar-refractivity contribution in [3.63, 3.8) is 0 Å². The lowest BCUT2D eigenvalue weighted by Gasteiger charge is -2.21. The van der Waals surface area contributed by atoms with E-state index in [1.54, 1.807) is 18.2 Å². The molecule has 1 saturated heterocycles. The summed E-state index contributed by atoms with van der Waals surface area (Å²) in [5.74, 6) is 0.545. The SMILES string of the molecule is COc1ccc(NC(=O)NCC2(O)CCNC2)cc1Cl. The van der Waals surface area contributed by atoms with E-state index in [9.17, 15) is 9.90 Å². The lowest BCUT2D eigenvalue weighted by molar-refractivity contribution is 0.0640. The van der Waals surface area contributed by atoms with Crippen molar-refractivity contribution in [2.24, 2.45) is 0 Å². The molecular weight excluding hydrogens is 282 g/mol. The van der Waals surface area contributed by atoms with Crippen LogP contribution in [-0.2, 0) is 0 Å². The molecule has 1 heterocycles. The standard InChI is InChI=1S/C13H18ClN3O3/c1-20-11-3-2-9(6-10(11)14)17-12(18)16-8-13(19)4-5-15-7-13/h2-3,6,15,19H,4-5,7-8H2,1H3,(H2,16,17,18). The number of rotatable bonds is 4. The second-order valence-electron chi connectivity index (χ2n) is 4.81. The van der Waals surface area contributed by atoms with Crippen molar-refractivity contribution in [1.82, 2.24) is 10.6 Å². The van der Waals surface area contributed by atoms with Crippen molar-refractivity contribution in [3.05, 3.63) is 23.2 Å². The average Bonchev–Trinajstić information content (AvgIpc) is 2.84. The average molecular weight is 300 g/mol. The summed E-state index contributed by atoms with van der Waals surface area (Å²) in [4.78, 5) is 11.7. The minimum Gasteiger partial charge on any atom is -0.495 e. The molecule has 0 bridgehead atoms. The molecule has 4 N–H and O–H groups in total. The van der Waals surface area contributed by atoms with Crippen LogP contribution in [0.15, 0.2) is 18.2 Å². The van der Waals surface area contributed by atoms with Gasteiger partial charge in [-0.05, 0) is 31.2 Å². The van der Waals surface area contributed by atoms with Crippen molar-refractivity contribution >= 4 is 23.3 Å². The highest BCUT2D eigenvalue weighted by atomic mass is 35.5. The van der Waals surface area contributed by atoms with Gasteiger partial charge in [-0.25, -0.2) is 4.79 Å². The molecule has 1 aromatic carbocycles. The number of anilines is 1. The Kier molecular flexibility index (Phi) is 4.69. The molecule has 0 aliphatic carbocycles. The van der Waals surface area contributed by atoms with Gasteiger partial charge >= 0.3 is 6.03 Å². The second-order valence-corrected chi connectivity index (χ2v) is 5.22. The number of amides is 2. The van der Waals surface area contributed by atoms with Crippen LogP contribution in [0.25, 0.3) is 0 Å². The van der Waals surface area contributed by atoms with Crippen LogP contribution >= 0.6 is 11.6 Å². The van der Waals surface area contributed by atoms with Gasteiger partial charge in [0.05, 0.1) is 17.7 Å². The maximum Gasteiger partial charge on any atom is 0.319 e. The van der Waals surface area contributed by atoms with Crippen LogP contribution in [-0.4, -0.2) is 43.5 Å². The lowest BCUT2D eigenvalue weighted by atomic mass is 10.0. The van der Waals surface area contributed by atoms with Crippen molar-refractivity contribution < 1.29 is 14.6 Å². The van der Waals surface area contributed by atoms with Crippen molar-refractivity contribution in [3.8, 4) is 5.75 Å². The first kappa shape index (κ1) is 14.9. The van der Waals surface area contributed by atoms with Gasteiger partial charge in [0.2, 0.25) is 0 Å². The van der Waals surface area contributed by atoms with Gasteiger partial charge in [0, 0.05) is 18.8 Å². The van der Waals surface area contributed by atoms with E-state index >= 15 is 0 Å². The first-order chi connectivity index (χ1) is 9.52. The number of nitrogens with one attached hydrogen (secondary N) is 3. The molecule has 2 amide bonds. The number of methoxy groups -OCH3 is 1. The monoisotopic (exact) mass is 299 g/mol. The van der Waals surface area contributed by atoms with Gasteiger partial charge in [0.15, 0.2) is 0 Å². The molecule has 0 radical (unpaired) electrons. The Morgan fingerprint density at radius 1 is 1.60 bits per heavy atom. The van der Waals surface area contributed by atoms with Crippen LogP contribution in [0.1, 0.15) is 6.42 Å². The van der Waals surface area contributed by atoms with E-state index in [1.807, 2.05) is 0 Å². The largest absolute Gasteiger partial charge is 0.495 e. The molecule has 110 valence electrons. The summed E-state index contributed by atoms with van der Waals surface area (Å²) >= 11 is 5.97. The zero-order valence-electron chi connectivity index (χ0n) is 11.2. The quantitative estimate of drug-likeness (QED) is 0.673. The van der Waals surface area contributed by atoms with E-state index in [-0.39, 0.29) is 12.6 Å². The second kappa shape index (κ2) is 6.30. The zero-order chi connectivity index (χ0) is 14.6. The van der Waals surface area contributed by atoms with Crippen LogP contribution in [0.5, 0.6) is 5.75 Å². The number of hydrogen-bond acceptors (Lipinski definition) is 4. The maximum absolute atomic E-state index is 11.7. The van der Waals surface area contributed by atoms with Gasteiger partial charge in [0.1, 0.15) is 5.75 Å². The highest BCUT2D eigenvalue weighted by Gasteiger charge is 2.31. The van der Waals surface area contributed by atoms with E-state index < -0.39 is 5.60 Å². The first-order valence-corrected chi connectivity index (χ1v) is 6.72. The van der Waals surface area contributed by atoms with Crippen molar-refractivity contribution in [2.75, 3.05) is 32.1 Å². The molecule has 1 aromatic rings. The molecule has 0 saturated carbocycles. The van der Waals surface area contributed by atoms with Crippen molar-refractivity contribution in [2.45, 2.75) is 12.0 Å². The molecule has 1 atom stereocenters. The minimum atomic E-state index is -0.866. The summed E-state index contributed by atoms with van der Waals surface area (Å²) in [7, 11) is 1.53. The highest BCUT2D eigenvalue weighted by molar-refractivity contribution is 6.32. The topological polar surface area (TPSA) is 82.6 Å². The molecule has 0 spiro atoms.